The largest absolute Gasteiger partial charge is 0.327 e. The summed E-state index contributed by atoms with van der Waals surface area (Å²) < 4.78 is 0. The van der Waals surface area contributed by atoms with Gasteiger partial charge in [-0.3, -0.25) is 0 Å². The Hall–Kier alpha value is -0.450. The minimum Gasteiger partial charge on any atom is -0.327 e. The second-order valence-electron chi connectivity index (χ2n) is 3.60. The zero-order chi connectivity index (χ0) is 10.4. The zero-order valence-electron chi connectivity index (χ0n) is 8.86. The van der Waals surface area contributed by atoms with Gasteiger partial charge in [-0.15, -0.1) is 11.3 Å². The summed E-state index contributed by atoms with van der Waals surface area (Å²) in [5.41, 5.74) is 5.80. The predicted molar refractivity (Wildman–Crippen MR) is 61.7 cm³/mol. The second-order valence-corrected chi connectivity index (χ2v) is 4.52. The molecule has 0 aliphatic carbocycles. The lowest BCUT2D eigenvalue weighted by molar-refractivity contribution is 0.538. The van der Waals surface area contributed by atoms with Crippen LogP contribution >= 0.6 is 11.3 Å². The standard InChI is InChI=1S/C10H19N3S/c1-3-9(11)7-12-6-8(2)10-13-4-5-14-10/h4-5,8-9,12H,3,6-7,11H2,1-2H3. The molecule has 0 aromatic carbocycles. The highest BCUT2D eigenvalue weighted by molar-refractivity contribution is 7.09. The van der Waals surface area contributed by atoms with Gasteiger partial charge >= 0.3 is 0 Å². The third-order valence-electron chi connectivity index (χ3n) is 2.25. The van der Waals surface area contributed by atoms with Crippen molar-refractivity contribution in [3.8, 4) is 0 Å². The Morgan fingerprint density at radius 3 is 2.93 bits per heavy atom. The molecular weight excluding hydrogens is 194 g/mol. The fourth-order valence-corrected chi connectivity index (χ4v) is 1.89. The maximum atomic E-state index is 5.80. The van der Waals surface area contributed by atoms with Crippen molar-refractivity contribution in [2.24, 2.45) is 5.73 Å². The van der Waals surface area contributed by atoms with Crippen molar-refractivity contribution in [3.63, 3.8) is 0 Å². The van der Waals surface area contributed by atoms with Crippen molar-refractivity contribution in [2.75, 3.05) is 13.1 Å². The summed E-state index contributed by atoms with van der Waals surface area (Å²) in [6.45, 7) is 6.15. The molecule has 0 radical (unpaired) electrons. The van der Waals surface area contributed by atoms with Crippen molar-refractivity contribution in [1.82, 2.24) is 10.3 Å². The van der Waals surface area contributed by atoms with E-state index in [2.05, 4.69) is 24.1 Å². The van der Waals surface area contributed by atoms with E-state index in [1.807, 2.05) is 11.6 Å². The fraction of sp³-hybridized carbons (Fsp3) is 0.700. The molecule has 0 fully saturated rings. The Labute approximate surface area is 89.7 Å². The first-order chi connectivity index (χ1) is 6.74. The number of thiazole rings is 1. The molecule has 1 aromatic heterocycles. The average molecular weight is 213 g/mol. The maximum Gasteiger partial charge on any atom is 0.0965 e. The van der Waals surface area contributed by atoms with Crippen molar-refractivity contribution in [1.29, 1.82) is 0 Å². The van der Waals surface area contributed by atoms with Crippen molar-refractivity contribution >= 4 is 11.3 Å². The molecule has 3 N–H and O–H groups in total. The van der Waals surface area contributed by atoms with Gasteiger partial charge in [-0.2, -0.15) is 0 Å². The first kappa shape index (κ1) is 11.6. The number of nitrogens with zero attached hydrogens (tertiary/aromatic N) is 1. The van der Waals surface area contributed by atoms with Crippen LogP contribution in [0.4, 0.5) is 0 Å². The molecule has 3 nitrogen and oxygen atoms in total. The Bertz CT molecular complexity index is 236. The normalized spacial score (nSPS) is 15.4. The van der Waals surface area contributed by atoms with Gasteiger partial charge < -0.3 is 11.1 Å². The summed E-state index contributed by atoms with van der Waals surface area (Å²) in [6, 6.07) is 0.276. The van der Waals surface area contributed by atoms with E-state index in [1.165, 1.54) is 5.01 Å². The van der Waals surface area contributed by atoms with Gasteiger partial charge in [0.15, 0.2) is 0 Å². The van der Waals surface area contributed by atoms with Crippen LogP contribution in [-0.4, -0.2) is 24.1 Å². The van der Waals surface area contributed by atoms with E-state index < -0.39 is 0 Å². The molecule has 0 aliphatic rings. The summed E-state index contributed by atoms with van der Waals surface area (Å²) in [7, 11) is 0. The molecule has 80 valence electrons. The number of nitrogens with one attached hydrogen (secondary N) is 1. The lowest BCUT2D eigenvalue weighted by Crippen LogP contribution is -2.34. The molecule has 0 bridgehead atoms. The summed E-state index contributed by atoms with van der Waals surface area (Å²) in [6.07, 6.45) is 2.88. The summed E-state index contributed by atoms with van der Waals surface area (Å²) in [5.74, 6) is 0.485. The van der Waals surface area contributed by atoms with Crippen molar-refractivity contribution in [2.45, 2.75) is 32.2 Å². The summed E-state index contributed by atoms with van der Waals surface area (Å²) >= 11 is 1.71. The zero-order valence-corrected chi connectivity index (χ0v) is 9.68. The predicted octanol–water partition coefficient (Wildman–Crippen LogP) is 1.57. The second kappa shape index (κ2) is 6.11. The van der Waals surface area contributed by atoms with Gasteiger partial charge in [0.25, 0.3) is 0 Å². The Morgan fingerprint density at radius 1 is 1.57 bits per heavy atom. The van der Waals surface area contributed by atoms with Crippen LogP contribution in [0.25, 0.3) is 0 Å². The van der Waals surface area contributed by atoms with Crippen LogP contribution in [0.5, 0.6) is 0 Å². The van der Waals surface area contributed by atoms with Gasteiger partial charge in [0, 0.05) is 36.6 Å². The molecular formula is C10H19N3S. The minimum absolute atomic E-state index is 0.276. The lowest BCUT2D eigenvalue weighted by atomic mass is 10.2. The molecule has 1 heterocycles. The van der Waals surface area contributed by atoms with E-state index in [9.17, 15) is 0 Å². The van der Waals surface area contributed by atoms with E-state index in [0.29, 0.717) is 5.92 Å². The monoisotopic (exact) mass is 213 g/mol. The molecule has 0 spiro atoms. The van der Waals surface area contributed by atoms with Crippen LogP contribution in [0.2, 0.25) is 0 Å². The highest BCUT2D eigenvalue weighted by atomic mass is 32.1. The van der Waals surface area contributed by atoms with E-state index in [4.69, 9.17) is 5.73 Å². The first-order valence-corrected chi connectivity index (χ1v) is 5.97. The topological polar surface area (TPSA) is 50.9 Å². The number of hydrogen-bond acceptors (Lipinski definition) is 4. The van der Waals surface area contributed by atoms with Crippen LogP contribution in [0.15, 0.2) is 11.6 Å². The van der Waals surface area contributed by atoms with Gasteiger partial charge in [-0.05, 0) is 6.42 Å². The van der Waals surface area contributed by atoms with Crippen LogP contribution in [0.1, 0.15) is 31.2 Å². The van der Waals surface area contributed by atoms with Crippen LogP contribution in [0, 0.1) is 0 Å². The van der Waals surface area contributed by atoms with E-state index >= 15 is 0 Å². The third-order valence-corrected chi connectivity index (χ3v) is 3.26. The summed E-state index contributed by atoms with van der Waals surface area (Å²) in [5, 5.41) is 6.58. The van der Waals surface area contributed by atoms with E-state index in [1.54, 1.807) is 11.3 Å². The summed E-state index contributed by atoms with van der Waals surface area (Å²) in [4.78, 5) is 4.28. The number of rotatable bonds is 6. The fourth-order valence-electron chi connectivity index (χ4n) is 1.19. The quantitative estimate of drug-likeness (QED) is 0.754. The Balaban J connectivity index is 2.19. The van der Waals surface area contributed by atoms with E-state index in [0.717, 1.165) is 19.5 Å². The molecule has 1 aromatic rings. The minimum atomic E-state index is 0.276. The highest BCUT2D eigenvalue weighted by Crippen LogP contribution is 2.16. The molecule has 1 rings (SSSR count). The SMILES string of the molecule is CCC(N)CNCC(C)c1nccs1. The Kier molecular flexibility index (Phi) is 5.07. The third kappa shape index (κ3) is 3.74. The van der Waals surface area contributed by atoms with E-state index in [-0.39, 0.29) is 6.04 Å². The Morgan fingerprint density at radius 2 is 2.36 bits per heavy atom. The maximum absolute atomic E-state index is 5.80. The van der Waals surface area contributed by atoms with Crippen LogP contribution < -0.4 is 11.1 Å². The average Bonchev–Trinajstić information content (AvgIpc) is 2.70. The van der Waals surface area contributed by atoms with Gasteiger partial charge in [-0.25, -0.2) is 4.98 Å². The number of nitrogens with two attached hydrogens (primary N) is 1. The van der Waals surface area contributed by atoms with Crippen LogP contribution in [0.3, 0.4) is 0 Å². The van der Waals surface area contributed by atoms with Crippen molar-refractivity contribution < 1.29 is 0 Å². The molecule has 2 atom stereocenters. The number of hydrogen-bond donors (Lipinski definition) is 2. The van der Waals surface area contributed by atoms with Gasteiger partial charge in [0.1, 0.15) is 0 Å². The van der Waals surface area contributed by atoms with Gasteiger partial charge in [0.05, 0.1) is 5.01 Å². The number of aromatic nitrogens is 1. The first-order valence-electron chi connectivity index (χ1n) is 5.09. The highest BCUT2D eigenvalue weighted by Gasteiger charge is 2.07. The molecule has 0 amide bonds. The molecule has 14 heavy (non-hydrogen) atoms. The molecule has 0 saturated carbocycles. The molecule has 0 aliphatic heterocycles. The lowest BCUT2D eigenvalue weighted by Gasteiger charge is -2.13. The smallest absolute Gasteiger partial charge is 0.0965 e. The van der Waals surface area contributed by atoms with Gasteiger partial charge in [0.2, 0.25) is 0 Å². The molecule has 4 heteroatoms. The van der Waals surface area contributed by atoms with Crippen LogP contribution in [-0.2, 0) is 0 Å². The molecule has 2 unspecified atom stereocenters. The van der Waals surface area contributed by atoms with Gasteiger partial charge in [-0.1, -0.05) is 13.8 Å². The molecule has 0 saturated heterocycles. The van der Waals surface area contributed by atoms with Crippen molar-refractivity contribution in [3.05, 3.63) is 16.6 Å².